The molecular weight excluding hydrogens is 371 g/mol. The Hall–Kier alpha value is -2.31. The predicted octanol–water partition coefficient (Wildman–Crippen LogP) is 3.73. The molecule has 0 aliphatic carbocycles. The van der Waals surface area contributed by atoms with E-state index in [9.17, 15) is 14.3 Å². The molecule has 1 fully saturated rings. The topological polar surface area (TPSA) is 61.8 Å². The second-order valence-electron chi connectivity index (χ2n) is 6.80. The molecule has 2 N–H and O–H groups in total. The fourth-order valence-corrected chi connectivity index (χ4v) is 3.40. The third kappa shape index (κ3) is 4.70. The summed E-state index contributed by atoms with van der Waals surface area (Å²) in [7, 11) is 0. The normalized spacial score (nSPS) is 19.8. The van der Waals surface area contributed by atoms with Crippen molar-refractivity contribution in [2.45, 2.75) is 32.6 Å². The molecule has 0 unspecified atom stereocenters. The summed E-state index contributed by atoms with van der Waals surface area (Å²) in [6, 6.07) is 9.18. The number of nitrogens with one attached hydrogen (secondary N) is 1. The van der Waals surface area contributed by atoms with Crippen molar-refractivity contribution in [1.29, 1.82) is 0 Å². The summed E-state index contributed by atoms with van der Waals surface area (Å²) in [6.45, 7) is 5.41. The number of carbonyl (C=O) groups excluding carboxylic acids is 1. The molecule has 27 heavy (non-hydrogen) atoms. The number of ether oxygens (including phenoxy) is 1. The van der Waals surface area contributed by atoms with Crippen LogP contribution in [0.1, 0.15) is 29.8 Å². The highest BCUT2D eigenvalue weighted by Crippen LogP contribution is 2.25. The lowest BCUT2D eigenvalue weighted by Crippen LogP contribution is -2.45. The fourth-order valence-electron chi connectivity index (χ4n) is 3.22. The second kappa shape index (κ2) is 8.15. The lowest BCUT2D eigenvalue weighted by molar-refractivity contribution is -0.00539. The summed E-state index contributed by atoms with van der Waals surface area (Å²) in [4.78, 5) is 14.2. The van der Waals surface area contributed by atoms with Gasteiger partial charge in [0.2, 0.25) is 0 Å². The maximum Gasteiger partial charge on any atom is 0.251 e. The van der Waals surface area contributed by atoms with E-state index in [4.69, 9.17) is 16.3 Å². The Bertz CT molecular complexity index is 836. The molecule has 2 aromatic carbocycles. The SMILES string of the molecule is C[C@@H]1CN(c2ccc(CNC(=O)c3ccc(O)c(Cl)c3)cc2F)C[C@@H](C)O1. The number of hydrogen-bond donors (Lipinski definition) is 2. The highest BCUT2D eigenvalue weighted by molar-refractivity contribution is 6.32. The van der Waals surface area contributed by atoms with Crippen molar-refractivity contribution in [2.75, 3.05) is 18.0 Å². The fraction of sp³-hybridized carbons (Fsp3) is 0.350. The van der Waals surface area contributed by atoms with E-state index < -0.39 is 0 Å². The van der Waals surface area contributed by atoms with E-state index in [-0.39, 0.29) is 41.2 Å². The van der Waals surface area contributed by atoms with Crippen molar-refractivity contribution in [3.8, 4) is 5.75 Å². The Morgan fingerprint density at radius 2 is 1.96 bits per heavy atom. The van der Waals surface area contributed by atoms with Crippen LogP contribution in [-0.2, 0) is 11.3 Å². The van der Waals surface area contributed by atoms with E-state index >= 15 is 0 Å². The van der Waals surface area contributed by atoms with Gasteiger partial charge in [-0.15, -0.1) is 0 Å². The molecule has 7 heteroatoms. The van der Waals surface area contributed by atoms with Crippen molar-refractivity contribution in [2.24, 2.45) is 0 Å². The number of halogens is 2. The lowest BCUT2D eigenvalue weighted by Gasteiger charge is -2.37. The molecule has 2 atom stereocenters. The van der Waals surface area contributed by atoms with Gasteiger partial charge in [-0.05, 0) is 49.7 Å². The molecule has 0 radical (unpaired) electrons. The number of phenols is 1. The van der Waals surface area contributed by atoms with Crippen molar-refractivity contribution < 1.29 is 19.0 Å². The van der Waals surface area contributed by atoms with Gasteiger partial charge in [-0.25, -0.2) is 4.39 Å². The van der Waals surface area contributed by atoms with Gasteiger partial charge in [0, 0.05) is 25.2 Å². The van der Waals surface area contributed by atoms with Crippen molar-refractivity contribution in [3.05, 3.63) is 58.4 Å². The number of hydrogen-bond acceptors (Lipinski definition) is 4. The van der Waals surface area contributed by atoms with E-state index in [2.05, 4.69) is 5.32 Å². The average molecular weight is 393 g/mol. The number of morpholine rings is 1. The summed E-state index contributed by atoms with van der Waals surface area (Å²) in [5, 5.41) is 12.2. The van der Waals surface area contributed by atoms with Gasteiger partial charge in [0.25, 0.3) is 5.91 Å². The number of anilines is 1. The Balaban J connectivity index is 1.65. The van der Waals surface area contributed by atoms with Crippen molar-refractivity contribution >= 4 is 23.2 Å². The number of benzene rings is 2. The minimum Gasteiger partial charge on any atom is -0.506 e. The summed E-state index contributed by atoms with van der Waals surface area (Å²) in [5.41, 5.74) is 1.52. The molecule has 2 aromatic rings. The Morgan fingerprint density at radius 3 is 2.59 bits per heavy atom. The predicted molar refractivity (Wildman–Crippen MR) is 103 cm³/mol. The zero-order chi connectivity index (χ0) is 19.6. The van der Waals surface area contributed by atoms with Gasteiger partial charge in [0.1, 0.15) is 11.6 Å². The van der Waals surface area contributed by atoms with Crippen molar-refractivity contribution in [1.82, 2.24) is 5.32 Å². The summed E-state index contributed by atoms with van der Waals surface area (Å²) in [6.07, 6.45) is 0.0912. The van der Waals surface area contributed by atoms with Gasteiger partial charge < -0.3 is 20.1 Å². The first-order chi connectivity index (χ1) is 12.8. The molecule has 1 heterocycles. The number of phenolic OH excluding ortho intramolecular Hbond substituents is 1. The number of aromatic hydroxyl groups is 1. The number of carbonyl (C=O) groups is 1. The van der Waals surface area contributed by atoms with Gasteiger partial charge in [0.15, 0.2) is 0 Å². The molecule has 1 aliphatic rings. The van der Waals surface area contributed by atoms with E-state index in [1.165, 1.54) is 24.3 Å². The maximum absolute atomic E-state index is 14.6. The zero-order valence-corrected chi connectivity index (χ0v) is 16.0. The summed E-state index contributed by atoms with van der Waals surface area (Å²) >= 11 is 5.81. The van der Waals surface area contributed by atoms with Crippen LogP contribution in [0.15, 0.2) is 36.4 Å². The first kappa shape index (κ1) is 19.5. The summed E-state index contributed by atoms with van der Waals surface area (Å²) < 4.78 is 20.3. The molecule has 0 spiro atoms. The largest absolute Gasteiger partial charge is 0.506 e. The minimum absolute atomic E-state index is 0.0456. The van der Waals surface area contributed by atoms with Crippen LogP contribution in [0.5, 0.6) is 5.75 Å². The van der Waals surface area contributed by atoms with Crippen LogP contribution in [0.2, 0.25) is 5.02 Å². The van der Waals surface area contributed by atoms with Crippen molar-refractivity contribution in [3.63, 3.8) is 0 Å². The third-order valence-corrected chi connectivity index (χ3v) is 4.74. The molecule has 0 aromatic heterocycles. The highest BCUT2D eigenvalue weighted by Gasteiger charge is 2.24. The molecule has 5 nitrogen and oxygen atoms in total. The van der Waals surface area contributed by atoms with Gasteiger partial charge in [-0.1, -0.05) is 17.7 Å². The quantitative estimate of drug-likeness (QED) is 0.832. The van der Waals surface area contributed by atoms with E-state index in [1.54, 1.807) is 12.1 Å². The maximum atomic E-state index is 14.6. The second-order valence-corrected chi connectivity index (χ2v) is 7.20. The van der Waals surface area contributed by atoms with Crippen LogP contribution < -0.4 is 10.2 Å². The van der Waals surface area contributed by atoms with E-state index in [1.807, 2.05) is 18.7 Å². The van der Waals surface area contributed by atoms with Crippen LogP contribution in [0.3, 0.4) is 0 Å². The Labute approximate surface area is 162 Å². The van der Waals surface area contributed by atoms with Crippen LogP contribution in [0.4, 0.5) is 10.1 Å². The van der Waals surface area contributed by atoms with Crippen LogP contribution in [-0.4, -0.2) is 36.3 Å². The third-order valence-electron chi connectivity index (χ3n) is 4.44. The van der Waals surface area contributed by atoms with E-state index in [0.29, 0.717) is 29.9 Å². The average Bonchev–Trinajstić information content (AvgIpc) is 2.61. The Kier molecular flexibility index (Phi) is 5.87. The van der Waals surface area contributed by atoms with Gasteiger partial charge in [-0.2, -0.15) is 0 Å². The summed E-state index contributed by atoms with van der Waals surface area (Å²) in [5.74, 6) is -0.759. The monoisotopic (exact) mass is 392 g/mol. The molecular formula is C20H22ClFN2O3. The number of amides is 1. The standard InChI is InChI=1S/C20H22ClFN2O3/c1-12-10-24(11-13(2)27-12)18-5-3-14(7-17(18)22)9-23-20(26)15-4-6-19(25)16(21)8-15/h3-8,12-13,25H,9-11H2,1-2H3,(H,23,26)/t12-,13-/m1/s1. The van der Waals surface area contributed by atoms with Crippen LogP contribution >= 0.6 is 11.6 Å². The molecule has 144 valence electrons. The smallest absolute Gasteiger partial charge is 0.251 e. The van der Waals surface area contributed by atoms with Crippen LogP contribution in [0.25, 0.3) is 0 Å². The molecule has 3 rings (SSSR count). The lowest BCUT2D eigenvalue weighted by atomic mass is 10.1. The molecule has 1 saturated heterocycles. The van der Waals surface area contributed by atoms with Gasteiger partial charge in [0.05, 0.1) is 22.9 Å². The molecule has 1 amide bonds. The first-order valence-corrected chi connectivity index (χ1v) is 9.17. The zero-order valence-electron chi connectivity index (χ0n) is 15.2. The van der Waals surface area contributed by atoms with Gasteiger partial charge >= 0.3 is 0 Å². The molecule has 0 bridgehead atoms. The Morgan fingerprint density at radius 1 is 1.26 bits per heavy atom. The van der Waals surface area contributed by atoms with Crippen LogP contribution in [0, 0.1) is 5.82 Å². The van der Waals surface area contributed by atoms with E-state index in [0.717, 1.165) is 0 Å². The van der Waals surface area contributed by atoms with Gasteiger partial charge in [-0.3, -0.25) is 4.79 Å². The molecule has 1 aliphatic heterocycles. The minimum atomic E-state index is -0.350. The number of rotatable bonds is 4. The first-order valence-electron chi connectivity index (χ1n) is 8.79. The highest BCUT2D eigenvalue weighted by atomic mass is 35.5. The number of nitrogens with zero attached hydrogens (tertiary/aromatic N) is 1. The molecule has 0 saturated carbocycles.